The number of nitrogens with zero attached hydrogens (tertiary/aromatic N) is 1. The van der Waals surface area contributed by atoms with E-state index in [0.717, 1.165) is 27.8 Å². The Morgan fingerprint density at radius 2 is 1.55 bits per heavy atom. The van der Waals surface area contributed by atoms with E-state index in [1.54, 1.807) is 24.3 Å². The number of aromatic nitrogens is 1. The first-order valence-corrected chi connectivity index (χ1v) is 10.7. The van der Waals surface area contributed by atoms with E-state index in [4.69, 9.17) is 4.42 Å². The van der Waals surface area contributed by atoms with Gasteiger partial charge in [0.25, 0.3) is 5.91 Å². The molecule has 0 aliphatic heterocycles. The normalized spacial score (nSPS) is 11.0. The molecule has 0 radical (unpaired) electrons. The number of phenolic OH excluding ortho intramolecular Hbond substituents is 1. The van der Waals surface area contributed by atoms with Crippen molar-refractivity contribution >= 4 is 22.7 Å². The molecule has 0 saturated heterocycles. The predicted molar refractivity (Wildman–Crippen MR) is 130 cm³/mol. The molecular formula is C28H22N2O3. The molecular weight excluding hydrogens is 412 g/mol. The lowest BCUT2D eigenvalue weighted by atomic mass is 10.0. The molecule has 4 aromatic carbocycles. The van der Waals surface area contributed by atoms with Crippen molar-refractivity contribution in [1.29, 1.82) is 0 Å². The van der Waals surface area contributed by atoms with Crippen molar-refractivity contribution in [1.82, 2.24) is 4.98 Å². The molecule has 0 saturated carbocycles. The van der Waals surface area contributed by atoms with Crippen LogP contribution < -0.4 is 5.32 Å². The van der Waals surface area contributed by atoms with Crippen LogP contribution in [0.25, 0.3) is 33.7 Å². The first-order chi connectivity index (χ1) is 16.0. The molecule has 162 valence electrons. The van der Waals surface area contributed by atoms with Crippen LogP contribution in [0, 0.1) is 13.8 Å². The lowest BCUT2D eigenvalue weighted by Gasteiger charge is -2.08. The second-order valence-corrected chi connectivity index (χ2v) is 8.05. The number of amides is 1. The van der Waals surface area contributed by atoms with Gasteiger partial charge in [0.1, 0.15) is 11.3 Å². The highest BCUT2D eigenvalue weighted by Crippen LogP contribution is 2.34. The van der Waals surface area contributed by atoms with Crippen LogP contribution in [-0.4, -0.2) is 16.0 Å². The minimum atomic E-state index is -0.255. The summed E-state index contributed by atoms with van der Waals surface area (Å²) in [6, 6.07) is 26.2. The Labute approximate surface area is 191 Å². The molecule has 0 spiro atoms. The Hall–Kier alpha value is -4.38. The number of phenols is 1. The SMILES string of the molecule is Cc1cc2nc(-c3ccc(NC(=O)c4ccc(-c5ccccc5)cc4)cc3O)oc2cc1C. The molecule has 1 aromatic heterocycles. The zero-order valence-electron chi connectivity index (χ0n) is 18.3. The van der Waals surface area contributed by atoms with E-state index < -0.39 is 0 Å². The van der Waals surface area contributed by atoms with E-state index in [0.29, 0.717) is 28.3 Å². The topological polar surface area (TPSA) is 75.4 Å². The van der Waals surface area contributed by atoms with Crippen molar-refractivity contribution in [2.45, 2.75) is 13.8 Å². The second kappa shape index (κ2) is 8.28. The van der Waals surface area contributed by atoms with Crippen molar-refractivity contribution in [3.8, 4) is 28.3 Å². The van der Waals surface area contributed by atoms with Crippen LogP contribution in [0.1, 0.15) is 21.5 Å². The monoisotopic (exact) mass is 434 g/mol. The Bertz CT molecular complexity index is 1430. The van der Waals surface area contributed by atoms with E-state index in [9.17, 15) is 9.90 Å². The van der Waals surface area contributed by atoms with Gasteiger partial charge in [-0.1, -0.05) is 42.5 Å². The van der Waals surface area contributed by atoms with Gasteiger partial charge in [0.15, 0.2) is 5.58 Å². The molecule has 33 heavy (non-hydrogen) atoms. The third-order valence-electron chi connectivity index (χ3n) is 5.74. The number of nitrogens with one attached hydrogen (secondary N) is 1. The molecule has 5 nitrogen and oxygen atoms in total. The highest BCUT2D eigenvalue weighted by molar-refractivity contribution is 6.04. The minimum absolute atomic E-state index is 0.0211. The molecule has 5 rings (SSSR count). The molecule has 0 fully saturated rings. The highest BCUT2D eigenvalue weighted by atomic mass is 16.3. The molecule has 0 aliphatic rings. The van der Waals surface area contributed by atoms with Crippen LogP contribution in [0.4, 0.5) is 5.69 Å². The standard InChI is InChI=1S/C28H22N2O3/c1-17-14-24-26(15-18(17)2)33-28(30-24)23-13-12-22(16-25(23)31)29-27(32)21-10-8-20(9-11-21)19-6-4-3-5-7-19/h3-16,31H,1-2H3,(H,29,32). The third-order valence-corrected chi connectivity index (χ3v) is 5.74. The molecule has 0 atom stereocenters. The number of oxazole rings is 1. The number of rotatable bonds is 4. The zero-order chi connectivity index (χ0) is 22.9. The Morgan fingerprint density at radius 1 is 0.848 bits per heavy atom. The fourth-order valence-electron chi connectivity index (χ4n) is 3.73. The molecule has 0 aliphatic carbocycles. The largest absolute Gasteiger partial charge is 0.507 e. The summed E-state index contributed by atoms with van der Waals surface area (Å²) in [5.74, 6) is 0.0590. The molecule has 1 heterocycles. The van der Waals surface area contributed by atoms with E-state index in [1.807, 2.05) is 68.4 Å². The van der Waals surface area contributed by atoms with Crippen LogP contribution >= 0.6 is 0 Å². The summed E-state index contributed by atoms with van der Waals surface area (Å²) in [5, 5.41) is 13.4. The second-order valence-electron chi connectivity index (χ2n) is 8.05. The zero-order valence-corrected chi connectivity index (χ0v) is 18.3. The van der Waals surface area contributed by atoms with Crippen molar-refractivity contribution in [3.05, 3.63) is 102 Å². The van der Waals surface area contributed by atoms with Crippen LogP contribution in [0.5, 0.6) is 5.75 Å². The van der Waals surface area contributed by atoms with Crippen LogP contribution in [0.3, 0.4) is 0 Å². The average molecular weight is 434 g/mol. The number of hydrogen-bond acceptors (Lipinski definition) is 4. The number of aryl methyl sites for hydroxylation is 2. The van der Waals surface area contributed by atoms with E-state index in [1.165, 1.54) is 6.07 Å². The molecule has 0 unspecified atom stereocenters. The van der Waals surface area contributed by atoms with E-state index in [-0.39, 0.29) is 11.7 Å². The van der Waals surface area contributed by atoms with Gasteiger partial charge < -0.3 is 14.8 Å². The van der Waals surface area contributed by atoms with Crippen molar-refractivity contribution in [2.75, 3.05) is 5.32 Å². The van der Waals surface area contributed by atoms with Gasteiger partial charge >= 0.3 is 0 Å². The summed E-state index contributed by atoms with van der Waals surface area (Å²) in [6.07, 6.45) is 0. The number of benzene rings is 4. The van der Waals surface area contributed by atoms with Crippen molar-refractivity contribution in [3.63, 3.8) is 0 Å². The maximum atomic E-state index is 12.7. The number of fused-ring (bicyclic) bond motifs is 1. The fraction of sp³-hybridized carbons (Fsp3) is 0.0714. The Kier molecular flexibility index (Phi) is 5.15. The first kappa shape index (κ1) is 20.5. The number of anilines is 1. The average Bonchev–Trinajstić information content (AvgIpc) is 3.22. The van der Waals surface area contributed by atoms with Crippen molar-refractivity contribution in [2.24, 2.45) is 0 Å². The first-order valence-electron chi connectivity index (χ1n) is 10.7. The van der Waals surface area contributed by atoms with Gasteiger partial charge in [-0.05, 0) is 72.5 Å². The minimum Gasteiger partial charge on any atom is -0.507 e. The number of carbonyl (C=O) groups is 1. The fourth-order valence-corrected chi connectivity index (χ4v) is 3.73. The lowest BCUT2D eigenvalue weighted by molar-refractivity contribution is 0.102. The molecule has 2 N–H and O–H groups in total. The van der Waals surface area contributed by atoms with Gasteiger partial charge in [-0.15, -0.1) is 0 Å². The van der Waals surface area contributed by atoms with Crippen LogP contribution in [0.15, 0.2) is 89.3 Å². The molecule has 5 heteroatoms. The summed E-state index contributed by atoms with van der Waals surface area (Å²) >= 11 is 0. The summed E-state index contributed by atoms with van der Waals surface area (Å²) in [6.45, 7) is 4.04. The molecule has 1 amide bonds. The summed E-state index contributed by atoms with van der Waals surface area (Å²) < 4.78 is 5.85. The maximum absolute atomic E-state index is 12.7. The lowest BCUT2D eigenvalue weighted by Crippen LogP contribution is -2.11. The number of carbonyl (C=O) groups excluding carboxylic acids is 1. The summed E-state index contributed by atoms with van der Waals surface area (Å²) in [7, 11) is 0. The highest BCUT2D eigenvalue weighted by Gasteiger charge is 2.15. The Balaban J connectivity index is 1.35. The third kappa shape index (κ3) is 4.08. The van der Waals surface area contributed by atoms with Gasteiger partial charge in [-0.3, -0.25) is 4.79 Å². The maximum Gasteiger partial charge on any atom is 0.255 e. The van der Waals surface area contributed by atoms with Crippen LogP contribution in [-0.2, 0) is 0 Å². The van der Waals surface area contributed by atoms with Crippen molar-refractivity contribution < 1.29 is 14.3 Å². The number of hydrogen-bond donors (Lipinski definition) is 2. The molecule has 5 aromatic rings. The van der Waals surface area contributed by atoms with Crippen LogP contribution in [0.2, 0.25) is 0 Å². The Morgan fingerprint density at radius 3 is 2.27 bits per heavy atom. The van der Waals surface area contributed by atoms with Gasteiger partial charge in [-0.25, -0.2) is 4.98 Å². The predicted octanol–water partition coefficient (Wildman–Crippen LogP) is 6.74. The van der Waals surface area contributed by atoms with Gasteiger partial charge in [-0.2, -0.15) is 0 Å². The molecule has 0 bridgehead atoms. The van der Waals surface area contributed by atoms with Gasteiger partial charge in [0.05, 0.1) is 5.56 Å². The summed E-state index contributed by atoms with van der Waals surface area (Å²) in [5.41, 5.74) is 7.26. The van der Waals surface area contributed by atoms with E-state index in [2.05, 4.69) is 10.3 Å². The van der Waals surface area contributed by atoms with E-state index >= 15 is 0 Å². The quantitative estimate of drug-likeness (QED) is 0.329. The number of aromatic hydroxyl groups is 1. The summed E-state index contributed by atoms with van der Waals surface area (Å²) in [4.78, 5) is 17.2. The van der Waals surface area contributed by atoms with Gasteiger partial charge in [0.2, 0.25) is 5.89 Å². The van der Waals surface area contributed by atoms with Gasteiger partial charge in [0, 0.05) is 17.3 Å². The smallest absolute Gasteiger partial charge is 0.255 e.